The van der Waals surface area contributed by atoms with Gasteiger partial charge in [0.15, 0.2) is 11.4 Å². The maximum atomic E-state index is 13.1. The van der Waals surface area contributed by atoms with E-state index in [0.717, 1.165) is 0 Å². The van der Waals surface area contributed by atoms with E-state index in [2.05, 4.69) is 20.6 Å². The molecule has 3 N–H and O–H groups in total. The Morgan fingerprint density at radius 1 is 1.18 bits per heavy atom. The van der Waals surface area contributed by atoms with E-state index in [1.807, 2.05) is 6.07 Å². The Bertz CT molecular complexity index is 1230. The molecule has 1 unspecified atom stereocenters. The van der Waals surface area contributed by atoms with E-state index in [9.17, 15) is 19.1 Å². The number of hydrogen-bond donors (Lipinski definition) is 3. The second kappa shape index (κ2) is 9.70. The van der Waals surface area contributed by atoms with Crippen molar-refractivity contribution in [2.45, 2.75) is 38.6 Å². The van der Waals surface area contributed by atoms with Crippen molar-refractivity contribution in [3.8, 4) is 5.75 Å². The first-order valence-electron chi connectivity index (χ1n) is 10.6. The van der Waals surface area contributed by atoms with Crippen LogP contribution in [0.2, 0.25) is 0 Å². The van der Waals surface area contributed by atoms with Crippen LogP contribution in [0, 0.1) is 5.82 Å². The van der Waals surface area contributed by atoms with Gasteiger partial charge in [-0.05, 0) is 50.6 Å². The average Bonchev–Trinajstić information content (AvgIpc) is 2.82. The lowest BCUT2D eigenvalue weighted by atomic mass is 9.99. The number of methoxy groups -OCH3 is 1. The summed E-state index contributed by atoms with van der Waals surface area (Å²) < 4.78 is 20.0. The molecule has 0 aliphatic carbocycles. The first-order valence-corrected chi connectivity index (χ1v) is 10.6. The largest absolute Gasteiger partial charge is 0.501 e. The molecule has 0 fully saturated rings. The van der Waals surface area contributed by atoms with Crippen LogP contribution in [0.25, 0.3) is 0 Å². The monoisotopic (exact) mass is 469 g/mol. The Labute approximate surface area is 196 Å². The number of nitrogens with zero attached hydrogens (tertiary/aromatic N) is 3. The third-order valence-corrected chi connectivity index (χ3v) is 5.52. The molecule has 34 heavy (non-hydrogen) atoms. The third-order valence-electron chi connectivity index (χ3n) is 5.52. The number of aromatic nitrogens is 3. The maximum Gasteiger partial charge on any atom is 0.296 e. The van der Waals surface area contributed by atoms with E-state index < -0.39 is 40.0 Å². The van der Waals surface area contributed by atoms with Gasteiger partial charge in [0.2, 0.25) is 5.75 Å². The fourth-order valence-electron chi connectivity index (χ4n) is 3.69. The third kappa shape index (κ3) is 5.13. The zero-order valence-corrected chi connectivity index (χ0v) is 19.7. The van der Waals surface area contributed by atoms with Crippen molar-refractivity contribution >= 4 is 5.91 Å². The first-order chi connectivity index (χ1) is 16.0. The van der Waals surface area contributed by atoms with Gasteiger partial charge in [0.05, 0.1) is 11.2 Å². The van der Waals surface area contributed by atoms with E-state index >= 15 is 0 Å². The Morgan fingerprint density at radius 3 is 2.44 bits per heavy atom. The van der Waals surface area contributed by atoms with Crippen molar-refractivity contribution < 1.29 is 19.0 Å². The number of aromatic hydroxyl groups is 1. The summed E-state index contributed by atoms with van der Waals surface area (Å²) in [5.41, 5.74) is -1.99. The molecule has 0 spiro atoms. The first kappa shape index (κ1) is 25.0. The van der Waals surface area contributed by atoms with Gasteiger partial charge < -0.3 is 15.2 Å². The number of benzene rings is 1. The average molecular weight is 470 g/mol. The van der Waals surface area contributed by atoms with Gasteiger partial charge in [-0.1, -0.05) is 18.2 Å². The minimum absolute atomic E-state index is 0.0633. The second-order valence-corrected chi connectivity index (χ2v) is 8.51. The van der Waals surface area contributed by atoms with E-state index in [0.29, 0.717) is 11.3 Å². The quantitative estimate of drug-likeness (QED) is 0.433. The molecule has 0 aliphatic rings. The summed E-state index contributed by atoms with van der Waals surface area (Å²) >= 11 is 0. The summed E-state index contributed by atoms with van der Waals surface area (Å²) in [7, 11) is 2.98. The summed E-state index contributed by atoms with van der Waals surface area (Å²) in [6.45, 7) is 5.39. The highest BCUT2D eigenvalue weighted by atomic mass is 19.1. The Hall–Kier alpha value is -3.63. The van der Waals surface area contributed by atoms with Gasteiger partial charge in [-0.15, -0.1) is 0 Å². The van der Waals surface area contributed by atoms with Crippen molar-refractivity contribution in [1.29, 1.82) is 0 Å². The Balaban J connectivity index is 1.94. The second-order valence-electron chi connectivity index (χ2n) is 8.51. The molecule has 0 aliphatic heterocycles. The molecule has 2 aromatic heterocycles. The molecular weight excluding hydrogens is 441 g/mol. The smallest absolute Gasteiger partial charge is 0.296 e. The van der Waals surface area contributed by atoms with Gasteiger partial charge in [-0.25, -0.2) is 9.37 Å². The Kier molecular flexibility index (Phi) is 7.13. The van der Waals surface area contributed by atoms with Crippen LogP contribution in [0.3, 0.4) is 0 Å². The lowest BCUT2D eigenvalue weighted by molar-refractivity contribution is -0.0557. The minimum atomic E-state index is -1.05. The zero-order chi connectivity index (χ0) is 25.1. The summed E-state index contributed by atoms with van der Waals surface area (Å²) in [4.78, 5) is 34.3. The predicted molar refractivity (Wildman–Crippen MR) is 123 cm³/mol. The van der Waals surface area contributed by atoms with Crippen LogP contribution in [0.5, 0.6) is 5.75 Å². The molecule has 180 valence electrons. The fraction of sp³-hybridized carbons (Fsp3) is 0.333. The van der Waals surface area contributed by atoms with Crippen LogP contribution in [-0.2, 0) is 29.6 Å². The highest BCUT2D eigenvalue weighted by Crippen LogP contribution is 2.28. The molecule has 0 radical (unpaired) electrons. The predicted octanol–water partition coefficient (Wildman–Crippen LogP) is 2.29. The van der Waals surface area contributed by atoms with E-state index in [-0.39, 0.29) is 12.4 Å². The molecule has 0 bridgehead atoms. The van der Waals surface area contributed by atoms with Crippen LogP contribution in [0.15, 0.2) is 53.5 Å². The van der Waals surface area contributed by atoms with Crippen molar-refractivity contribution in [3.05, 3.63) is 87.6 Å². The molecule has 10 heteroatoms. The number of nitrogens with one attached hydrogen (secondary N) is 2. The molecule has 1 aromatic carbocycles. The van der Waals surface area contributed by atoms with Crippen LogP contribution in [-0.4, -0.2) is 32.7 Å². The van der Waals surface area contributed by atoms with Gasteiger partial charge in [0.25, 0.3) is 11.5 Å². The van der Waals surface area contributed by atoms with Crippen molar-refractivity contribution in [1.82, 2.24) is 25.2 Å². The highest BCUT2D eigenvalue weighted by Gasteiger charge is 2.38. The maximum absolute atomic E-state index is 13.1. The number of ether oxygens (including phenoxy) is 1. The lowest BCUT2D eigenvalue weighted by Crippen LogP contribution is -2.53. The molecule has 3 rings (SSSR count). The molecule has 1 amide bonds. The van der Waals surface area contributed by atoms with E-state index in [1.54, 1.807) is 39.1 Å². The van der Waals surface area contributed by atoms with Crippen molar-refractivity contribution in [3.63, 3.8) is 0 Å². The summed E-state index contributed by atoms with van der Waals surface area (Å²) in [5, 5.41) is 16.3. The van der Waals surface area contributed by atoms with Crippen molar-refractivity contribution in [2.24, 2.45) is 7.05 Å². The van der Waals surface area contributed by atoms with Crippen LogP contribution >= 0.6 is 0 Å². The SMILES string of the molecule is COC(C)(NC(C)(C)c1nc(C(=O)NCc2ccc(F)cc2)c(O)c(=O)n1C)c1ccccn1. The van der Waals surface area contributed by atoms with Gasteiger partial charge in [-0.2, -0.15) is 0 Å². The molecule has 2 heterocycles. The highest BCUT2D eigenvalue weighted by molar-refractivity contribution is 5.94. The van der Waals surface area contributed by atoms with Crippen LogP contribution in [0.4, 0.5) is 4.39 Å². The summed E-state index contributed by atoms with van der Waals surface area (Å²) in [6.07, 6.45) is 1.64. The van der Waals surface area contributed by atoms with E-state index in [4.69, 9.17) is 4.74 Å². The number of carbonyl (C=O) groups is 1. The van der Waals surface area contributed by atoms with Gasteiger partial charge in [0.1, 0.15) is 11.6 Å². The zero-order valence-electron chi connectivity index (χ0n) is 19.7. The number of rotatable bonds is 8. The Morgan fingerprint density at radius 2 is 1.85 bits per heavy atom. The number of pyridine rings is 1. The number of halogens is 1. The molecular formula is C24H28FN5O4. The van der Waals surface area contributed by atoms with Crippen molar-refractivity contribution in [2.75, 3.05) is 7.11 Å². The summed E-state index contributed by atoms with van der Waals surface area (Å²) in [5.74, 6) is -1.70. The number of hydrogen-bond acceptors (Lipinski definition) is 7. The molecule has 0 saturated carbocycles. The molecule has 0 saturated heterocycles. The number of amides is 1. The van der Waals surface area contributed by atoms with E-state index in [1.165, 1.54) is 43.0 Å². The number of carbonyl (C=O) groups excluding carboxylic acids is 1. The molecule has 3 aromatic rings. The lowest BCUT2D eigenvalue weighted by Gasteiger charge is -2.38. The molecule has 9 nitrogen and oxygen atoms in total. The minimum Gasteiger partial charge on any atom is -0.501 e. The van der Waals surface area contributed by atoms with Crippen LogP contribution in [0.1, 0.15) is 48.3 Å². The topological polar surface area (TPSA) is 118 Å². The van der Waals surface area contributed by atoms with Gasteiger partial charge in [0, 0.05) is 26.9 Å². The standard InChI is InChI=1S/C24H28FN5O4/c1-23(2,29-24(3,34-5)17-8-6-7-13-26-17)22-28-18(19(31)21(33)30(22)4)20(32)27-14-15-9-11-16(25)12-10-15/h6-13,29,31H,14H2,1-5H3,(H,27,32). The normalized spacial score (nSPS) is 13.4. The fourth-order valence-corrected chi connectivity index (χ4v) is 3.69. The van der Waals surface area contributed by atoms with Gasteiger partial charge >= 0.3 is 0 Å². The summed E-state index contributed by atoms with van der Waals surface area (Å²) in [6, 6.07) is 11.0. The van der Waals surface area contributed by atoms with Crippen LogP contribution < -0.4 is 16.2 Å². The molecule has 1 atom stereocenters. The van der Waals surface area contributed by atoms with Gasteiger partial charge in [-0.3, -0.25) is 24.5 Å².